The normalized spacial score (nSPS) is 12.7. The molecule has 0 heterocycles. The first-order valence-corrected chi connectivity index (χ1v) is 32.1. The predicted molar refractivity (Wildman–Crippen MR) is 325 cm³/mol. The number of unbranched alkanes of at least 4 members (excludes halogenated alkanes) is 37. The standard InChI is InChI=1S/C69H122O5/c1-3-5-7-9-11-13-15-17-19-21-23-25-26-27-28-29-30-31-32-33-34-35-36-37-38-39-40-41-42-44-46-48-50-52-54-56-58-60-62-64-69(72)74-67(65-70)66-73-68(71)63-61-59-57-55-53-51-49-47-45-43-24-22-20-18-16-14-12-10-8-6-4-2/h5,7,11,13,16-19,22-25,45,47,67,70H,3-4,6,8-10,12,14-15,20-21,26-44,46,48-66H2,1-2H3/b7-5-,13-11-,18-16-,19-17-,24-22-,25-23-,47-45-. The number of hydrogen-bond donors (Lipinski definition) is 1. The quantitative estimate of drug-likeness (QED) is 0.0373. The second-order valence-corrected chi connectivity index (χ2v) is 21.5. The zero-order valence-electron chi connectivity index (χ0n) is 49.1. The van der Waals surface area contributed by atoms with Gasteiger partial charge in [-0.15, -0.1) is 0 Å². The van der Waals surface area contributed by atoms with Crippen LogP contribution in [0.4, 0.5) is 0 Å². The number of aliphatic hydroxyl groups is 1. The van der Waals surface area contributed by atoms with Gasteiger partial charge in [-0.05, 0) is 89.9 Å². The smallest absolute Gasteiger partial charge is 0.306 e. The van der Waals surface area contributed by atoms with E-state index in [-0.39, 0.29) is 25.2 Å². The molecule has 0 amide bonds. The fourth-order valence-corrected chi connectivity index (χ4v) is 9.38. The highest BCUT2D eigenvalue weighted by atomic mass is 16.6. The Balaban J connectivity index is 3.42. The van der Waals surface area contributed by atoms with Crippen LogP contribution in [-0.4, -0.2) is 36.4 Å². The molecule has 0 aromatic heterocycles. The van der Waals surface area contributed by atoms with Gasteiger partial charge >= 0.3 is 11.9 Å². The Hall–Kier alpha value is -2.92. The first kappa shape index (κ1) is 71.1. The molecule has 428 valence electrons. The second kappa shape index (κ2) is 64.4. The van der Waals surface area contributed by atoms with Crippen molar-refractivity contribution in [2.75, 3.05) is 13.2 Å². The maximum atomic E-state index is 12.3. The van der Waals surface area contributed by atoms with E-state index < -0.39 is 6.10 Å². The van der Waals surface area contributed by atoms with Crippen molar-refractivity contribution in [3.63, 3.8) is 0 Å². The Bertz CT molecular complexity index is 1350. The van der Waals surface area contributed by atoms with Crippen molar-refractivity contribution in [3.05, 3.63) is 85.1 Å². The van der Waals surface area contributed by atoms with E-state index in [0.29, 0.717) is 12.8 Å². The summed E-state index contributed by atoms with van der Waals surface area (Å²) in [6.07, 6.45) is 90.3. The highest BCUT2D eigenvalue weighted by Crippen LogP contribution is 2.17. The van der Waals surface area contributed by atoms with E-state index >= 15 is 0 Å². The van der Waals surface area contributed by atoms with E-state index in [1.807, 2.05) is 0 Å². The molecule has 0 aromatic carbocycles. The van der Waals surface area contributed by atoms with Crippen LogP contribution in [0.15, 0.2) is 85.1 Å². The number of allylic oxidation sites excluding steroid dienone is 14. The third-order valence-electron chi connectivity index (χ3n) is 14.2. The maximum Gasteiger partial charge on any atom is 0.306 e. The first-order valence-electron chi connectivity index (χ1n) is 32.1. The van der Waals surface area contributed by atoms with Crippen LogP contribution in [0.1, 0.15) is 322 Å². The van der Waals surface area contributed by atoms with Gasteiger partial charge in [0.2, 0.25) is 0 Å². The third kappa shape index (κ3) is 61.6. The van der Waals surface area contributed by atoms with Crippen LogP contribution in [0, 0.1) is 0 Å². The van der Waals surface area contributed by atoms with Crippen molar-refractivity contribution in [1.82, 2.24) is 0 Å². The zero-order valence-corrected chi connectivity index (χ0v) is 49.1. The summed E-state index contributed by atoms with van der Waals surface area (Å²) >= 11 is 0. The molecule has 0 fully saturated rings. The van der Waals surface area contributed by atoms with E-state index in [0.717, 1.165) is 83.5 Å². The van der Waals surface area contributed by atoms with Gasteiger partial charge in [-0.3, -0.25) is 9.59 Å². The van der Waals surface area contributed by atoms with Crippen LogP contribution < -0.4 is 0 Å². The minimum absolute atomic E-state index is 0.0718. The van der Waals surface area contributed by atoms with Gasteiger partial charge in [0.15, 0.2) is 6.10 Å². The number of aliphatic hydroxyl groups excluding tert-OH is 1. The van der Waals surface area contributed by atoms with Crippen molar-refractivity contribution in [2.45, 2.75) is 328 Å². The molecule has 0 aliphatic carbocycles. The Morgan fingerprint density at radius 3 is 0.878 bits per heavy atom. The van der Waals surface area contributed by atoms with E-state index in [9.17, 15) is 14.7 Å². The molecule has 5 heteroatoms. The Kier molecular flexibility index (Phi) is 61.8. The van der Waals surface area contributed by atoms with Gasteiger partial charge in [0, 0.05) is 12.8 Å². The number of hydrogen-bond acceptors (Lipinski definition) is 5. The average Bonchev–Trinajstić information content (AvgIpc) is 3.40. The molecule has 0 radical (unpaired) electrons. The SMILES string of the molecule is CC/C=C\C/C=C\C/C=C\C/C=C\CCCCCCCCCCCCCCCCCCCCCCCCCCCCC(=O)OC(CO)COC(=O)CCCCCCCC/C=C\C/C=C\C/C=C\CCCCCCC. The third-order valence-corrected chi connectivity index (χ3v) is 14.2. The van der Waals surface area contributed by atoms with Crippen LogP contribution in [0.5, 0.6) is 0 Å². The number of carbonyl (C=O) groups is 2. The number of esters is 2. The summed E-state index contributed by atoms with van der Waals surface area (Å²) in [5, 5.41) is 9.67. The lowest BCUT2D eigenvalue weighted by atomic mass is 10.0. The summed E-state index contributed by atoms with van der Waals surface area (Å²) in [4.78, 5) is 24.6. The van der Waals surface area contributed by atoms with Gasteiger partial charge in [-0.1, -0.05) is 304 Å². The van der Waals surface area contributed by atoms with Crippen molar-refractivity contribution < 1.29 is 24.2 Å². The molecule has 1 unspecified atom stereocenters. The zero-order chi connectivity index (χ0) is 53.4. The minimum atomic E-state index is -0.780. The molecule has 0 spiro atoms. The van der Waals surface area contributed by atoms with Gasteiger partial charge in [-0.2, -0.15) is 0 Å². The molecule has 1 atom stereocenters. The highest BCUT2D eigenvalue weighted by Gasteiger charge is 2.16. The highest BCUT2D eigenvalue weighted by molar-refractivity contribution is 5.70. The van der Waals surface area contributed by atoms with E-state index in [4.69, 9.17) is 9.47 Å². The lowest BCUT2D eigenvalue weighted by Crippen LogP contribution is -2.28. The topological polar surface area (TPSA) is 72.8 Å². The van der Waals surface area contributed by atoms with Crippen LogP contribution in [-0.2, 0) is 19.1 Å². The average molecular weight is 1030 g/mol. The van der Waals surface area contributed by atoms with Gasteiger partial charge in [-0.25, -0.2) is 0 Å². The maximum absolute atomic E-state index is 12.3. The summed E-state index contributed by atoms with van der Waals surface area (Å²) in [5.41, 5.74) is 0. The van der Waals surface area contributed by atoms with Gasteiger partial charge < -0.3 is 14.6 Å². The second-order valence-electron chi connectivity index (χ2n) is 21.5. The molecule has 5 nitrogen and oxygen atoms in total. The van der Waals surface area contributed by atoms with Crippen LogP contribution in [0.25, 0.3) is 0 Å². The molecule has 0 rings (SSSR count). The lowest BCUT2D eigenvalue weighted by Gasteiger charge is -2.15. The van der Waals surface area contributed by atoms with Crippen molar-refractivity contribution >= 4 is 11.9 Å². The summed E-state index contributed by atoms with van der Waals surface area (Å²) in [6, 6.07) is 0. The first-order chi connectivity index (χ1) is 36.6. The van der Waals surface area contributed by atoms with Crippen molar-refractivity contribution in [3.8, 4) is 0 Å². The van der Waals surface area contributed by atoms with Gasteiger partial charge in [0.05, 0.1) is 6.61 Å². The molecule has 0 saturated heterocycles. The lowest BCUT2D eigenvalue weighted by molar-refractivity contribution is -0.161. The Labute approximate surface area is 460 Å². The van der Waals surface area contributed by atoms with Crippen molar-refractivity contribution in [2.24, 2.45) is 0 Å². The van der Waals surface area contributed by atoms with Crippen molar-refractivity contribution in [1.29, 1.82) is 0 Å². The molecular formula is C69H122O5. The summed E-state index contributed by atoms with van der Waals surface area (Å²) in [5.74, 6) is -0.593. The van der Waals surface area contributed by atoms with Crippen LogP contribution >= 0.6 is 0 Å². The number of ether oxygens (including phenoxy) is 2. The van der Waals surface area contributed by atoms with Crippen LogP contribution in [0.2, 0.25) is 0 Å². The Morgan fingerprint density at radius 2 is 0.581 bits per heavy atom. The van der Waals surface area contributed by atoms with Gasteiger partial charge in [0.25, 0.3) is 0 Å². The fourth-order valence-electron chi connectivity index (χ4n) is 9.38. The van der Waals surface area contributed by atoms with E-state index in [2.05, 4.69) is 98.9 Å². The molecule has 0 aromatic rings. The number of carbonyl (C=O) groups excluding carboxylic acids is 2. The molecule has 0 saturated carbocycles. The van der Waals surface area contributed by atoms with Gasteiger partial charge in [0.1, 0.15) is 6.61 Å². The van der Waals surface area contributed by atoms with E-state index in [1.165, 1.54) is 212 Å². The minimum Gasteiger partial charge on any atom is -0.462 e. The molecule has 74 heavy (non-hydrogen) atoms. The van der Waals surface area contributed by atoms with E-state index in [1.54, 1.807) is 0 Å². The molecule has 1 N–H and O–H groups in total. The molecule has 0 aliphatic rings. The molecule has 0 aliphatic heterocycles. The molecular weight excluding hydrogens is 909 g/mol. The Morgan fingerprint density at radius 1 is 0.324 bits per heavy atom. The summed E-state index contributed by atoms with van der Waals surface area (Å²) in [6.45, 7) is 4.04. The predicted octanol–water partition coefficient (Wildman–Crippen LogP) is 22.1. The summed E-state index contributed by atoms with van der Waals surface area (Å²) < 4.78 is 10.7. The van der Waals surface area contributed by atoms with Crippen LogP contribution in [0.3, 0.4) is 0 Å². The molecule has 0 bridgehead atoms. The largest absolute Gasteiger partial charge is 0.462 e. The number of rotatable bonds is 59. The summed E-state index contributed by atoms with van der Waals surface area (Å²) in [7, 11) is 0. The monoisotopic (exact) mass is 1030 g/mol. The fraction of sp³-hybridized carbons (Fsp3) is 0.768.